The van der Waals surface area contributed by atoms with E-state index in [-0.39, 0.29) is 24.1 Å². The minimum atomic E-state index is -0.705. The van der Waals surface area contributed by atoms with Crippen molar-refractivity contribution in [3.63, 3.8) is 0 Å². The maximum Gasteiger partial charge on any atom is 0.313 e. The minimum Gasteiger partial charge on any atom is -0.463 e. The fourth-order valence-corrected chi connectivity index (χ4v) is 4.36. The number of amides is 1. The fraction of sp³-hybridized carbons (Fsp3) is 0.500. The van der Waals surface area contributed by atoms with Crippen molar-refractivity contribution in [1.82, 2.24) is 0 Å². The van der Waals surface area contributed by atoms with Crippen LogP contribution in [0.5, 0.6) is 0 Å². The maximum atomic E-state index is 13.2. The number of rotatable bonds is 4. The first-order valence-corrected chi connectivity index (χ1v) is 8.94. The maximum absolute atomic E-state index is 13.2. The van der Waals surface area contributed by atoms with Gasteiger partial charge < -0.3 is 14.4 Å². The van der Waals surface area contributed by atoms with Crippen molar-refractivity contribution < 1.29 is 19.1 Å². The average molecular weight is 341 g/mol. The van der Waals surface area contributed by atoms with Crippen molar-refractivity contribution in [1.29, 1.82) is 0 Å². The van der Waals surface area contributed by atoms with E-state index in [2.05, 4.69) is 6.92 Å². The van der Waals surface area contributed by atoms with Gasteiger partial charge in [0, 0.05) is 5.69 Å². The van der Waals surface area contributed by atoms with Crippen LogP contribution in [-0.4, -0.2) is 36.2 Å². The van der Waals surface area contributed by atoms with Crippen molar-refractivity contribution in [2.75, 3.05) is 11.4 Å². The summed E-state index contributed by atoms with van der Waals surface area (Å²) in [6, 6.07) is 7.91. The molecule has 1 unspecified atom stereocenters. The third-order valence-electron chi connectivity index (χ3n) is 5.39. The van der Waals surface area contributed by atoms with Crippen LogP contribution in [0.1, 0.15) is 26.3 Å². The number of carbonyl (C=O) groups is 2. The van der Waals surface area contributed by atoms with Gasteiger partial charge in [-0.2, -0.15) is 0 Å². The van der Waals surface area contributed by atoms with Gasteiger partial charge in [0.15, 0.2) is 0 Å². The van der Waals surface area contributed by atoms with Crippen LogP contribution >= 0.6 is 0 Å². The van der Waals surface area contributed by atoms with Crippen LogP contribution in [0.4, 0.5) is 5.69 Å². The molecule has 0 radical (unpaired) electrons. The summed E-state index contributed by atoms with van der Waals surface area (Å²) in [4.78, 5) is 27.6. The van der Waals surface area contributed by atoms with Crippen molar-refractivity contribution in [2.24, 2.45) is 11.8 Å². The Kier molecular flexibility index (Phi) is 3.72. The second-order valence-electron chi connectivity index (χ2n) is 7.29. The predicted molar refractivity (Wildman–Crippen MR) is 93.1 cm³/mol. The van der Waals surface area contributed by atoms with Crippen LogP contribution in [0.2, 0.25) is 0 Å². The van der Waals surface area contributed by atoms with Gasteiger partial charge in [0.05, 0.1) is 24.7 Å². The molecule has 3 heterocycles. The van der Waals surface area contributed by atoms with Gasteiger partial charge in [-0.25, -0.2) is 0 Å². The SMILES string of the molecule is CCc1ccccc1N1CC23C=C[C@@H](O2)[C@H](C(=O)OC(C)C)[C@@H]3C1=O. The quantitative estimate of drug-likeness (QED) is 0.624. The highest BCUT2D eigenvalue weighted by Gasteiger charge is 2.67. The summed E-state index contributed by atoms with van der Waals surface area (Å²) in [6.45, 7) is 6.16. The normalized spacial score (nSPS) is 32.6. The van der Waals surface area contributed by atoms with Crippen LogP contribution in [0.3, 0.4) is 0 Å². The lowest BCUT2D eigenvalue weighted by Crippen LogP contribution is -2.40. The zero-order chi connectivity index (χ0) is 17.8. The van der Waals surface area contributed by atoms with E-state index in [0.29, 0.717) is 6.54 Å². The molecule has 0 aromatic heterocycles. The molecular formula is C20H23NO4. The second-order valence-corrected chi connectivity index (χ2v) is 7.29. The van der Waals surface area contributed by atoms with E-state index in [1.165, 1.54) is 0 Å². The van der Waals surface area contributed by atoms with Gasteiger partial charge in [-0.3, -0.25) is 9.59 Å². The molecule has 1 aromatic rings. The molecule has 25 heavy (non-hydrogen) atoms. The molecule has 5 nitrogen and oxygen atoms in total. The first kappa shape index (κ1) is 16.3. The van der Waals surface area contributed by atoms with Crippen molar-refractivity contribution >= 4 is 17.6 Å². The molecule has 1 aromatic carbocycles. The van der Waals surface area contributed by atoms with Crippen LogP contribution in [0.25, 0.3) is 0 Å². The van der Waals surface area contributed by atoms with Crippen LogP contribution < -0.4 is 4.90 Å². The summed E-state index contributed by atoms with van der Waals surface area (Å²) < 4.78 is 11.5. The zero-order valence-corrected chi connectivity index (χ0v) is 14.8. The molecule has 3 aliphatic heterocycles. The lowest BCUT2D eigenvalue weighted by atomic mass is 9.77. The molecule has 1 amide bonds. The first-order chi connectivity index (χ1) is 12.0. The molecule has 4 rings (SSSR count). The number of esters is 1. The third-order valence-corrected chi connectivity index (χ3v) is 5.39. The molecule has 2 saturated heterocycles. The topological polar surface area (TPSA) is 55.8 Å². The largest absolute Gasteiger partial charge is 0.463 e. The van der Waals surface area contributed by atoms with E-state index in [1.807, 2.05) is 50.3 Å². The van der Waals surface area contributed by atoms with Crippen LogP contribution in [0.15, 0.2) is 36.4 Å². The zero-order valence-electron chi connectivity index (χ0n) is 14.8. The van der Waals surface area contributed by atoms with Crippen LogP contribution in [0, 0.1) is 11.8 Å². The summed E-state index contributed by atoms with van der Waals surface area (Å²) in [5.74, 6) is -1.44. The highest BCUT2D eigenvalue weighted by Crippen LogP contribution is 2.53. The van der Waals surface area contributed by atoms with Crippen molar-refractivity contribution in [2.45, 2.75) is 45.0 Å². The molecule has 5 heteroatoms. The molecule has 0 saturated carbocycles. The summed E-state index contributed by atoms with van der Waals surface area (Å²) in [6.07, 6.45) is 4.15. The Hall–Kier alpha value is -2.14. The van der Waals surface area contributed by atoms with Gasteiger partial charge in [0.1, 0.15) is 11.5 Å². The predicted octanol–water partition coefficient (Wildman–Crippen LogP) is 2.49. The van der Waals surface area contributed by atoms with Gasteiger partial charge in [-0.1, -0.05) is 37.3 Å². The molecule has 3 aliphatic rings. The molecule has 0 aliphatic carbocycles. The van der Waals surface area contributed by atoms with Crippen molar-refractivity contribution in [3.05, 3.63) is 42.0 Å². The number of anilines is 1. The Morgan fingerprint density at radius 3 is 2.88 bits per heavy atom. The van der Waals surface area contributed by atoms with Gasteiger partial charge in [-0.15, -0.1) is 0 Å². The number of benzene rings is 1. The molecule has 1 spiro atoms. The fourth-order valence-electron chi connectivity index (χ4n) is 4.36. The number of nitrogens with zero attached hydrogens (tertiary/aromatic N) is 1. The Bertz CT molecular complexity index is 756. The number of fused-ring (bicyclic) bond motifs is 1. The molecule has 2 fully saturated rings. The van der Waals surface area contributed by atoms with E-state index in [0.717, 1.165) is 17.7 Å². The highest BCUT2D eigenvalue weighted by atomic mass is 16.6. The second kappa shape index (κ2) is 5.70. The molecule has 4 atom stereocenters. The summed E-state index contributed by atoms with van der Waals surface area (Å²) in [5, 5.41) is 0. The molecule has 0 N–H and O–H groups in total. The van der Waals surface area contributed by atoms with Crippen LogP contribution in [-0.2, 0) is 25.5 Å². The smallest absolute Gasteiger partial charge is 0.313 e. The van der Waals surface area contributed by atoms with Gasteiger partial charge in [0.25, 0.3) is 0 Å². The summed E-state index contributed by atoms with van der Waals surface area (Å²) >= 11 is 0. The molecule has 132 valence electrons. The summed E-state index contributed by atoms with van der Waals surface area (Å²) in [5.41, 5.74) is 1.32. The van der Waals surface area contributed by atoms with E-state index >= 15 is 0 Å². The van der Waals surface area contributed by atoms with Gasteiger partial charge in [-0.05, 0) is 31.9 Å². The number of ether oxygens (including phenoxy) is 2. The monoisotopic (exact) mass is 341 g/mol. The number of aryl methyl sites for hydroxylation is 1. The molecule has 2 bridgehead atoms. The van der Waals surface area contributed by atoms with E-state index in [1.54, 1.807) is 4.90 Å². The Balaban J connectivity index is 1.69. The van der Waals surface area contributed by atoms with E-state index in [9.17, 15) is 9.59 Å². The Morgan fingerprint density at radius 2 is 2.16 bits per heavy atom. The Morgan fingerprint density at radius 1 is 1.40 bits per heavy atom. The van der Waals surface area contributed by atoms with Gasteiger partial charge in [0.2, 0.25) is 5.91 Å². The number of hydrogen-bond acceptors (Lipinski definition) is 4. The minimum absolute atomic E-state index is 0.0431. The standard InChI is InChI=1S/C20H23NO4/c1-4-13-7-5-6-8-14(13)21-11-20-10-9-15(25-20)16(17(20)18(21)22)19(23)24-12(2)3/h5-10,12,15-17H,4,11H2,1-3H3/t15-,16+,17-,20?/m1/s1. The Labute approximate surface area is 147 Å². The number of hydrogen-bond donors (Lipinski definition) is 0. The lowest BCUT2D eigenvalue weighted by Gasteiger charge is -2.24. The summed E-state index contributed by atoms with van der Waals surface area (Å²) in [7, 11) is 0. The average Bonchev–Trinajstić information content (AvgIpc) is 3.22. The van der Waals surface area contributed by atoms with Crippen molar-refractivity contribution in [3.8, 4) is 0 Å². The number of para-hydroxylation sites is 1. The highest BCUT2D eigenvalue weighted by molar-refractivity contribution is 6.03. The first-order valence-electron chi connectivity index (χ1n) is 8.94. The van der Waals surface area contributed by atoms with Gasteiger partial charge >= 0.3 is 5.97 Å². The lowest BCUT2D eigenvalue weighted by molar-refractivity contribution is -0.156. The van der Waals surface area contributed by atoms with E-state index in [4.69, 9.17) is 9.47 Å². The molecular weight excluding hydrogens is 318 g/mol. The number of carbonyl (C=O) groups excluding carboxylic acids is 2. The third kappa shape index (κ3) is 2.33. The van der Waals surface area contributed by atoms with E-state index < -0.39 is 17.4 Å².